The van der Waals surface area contributed by atoms with Crippen molar-refractivity contribution in [1.29, 1.82) is 0 Å². The van der Waals surface area contributed by atoms with Crippen molar-refractivity contribution in [2.75, 3.05) is 18.5 Å². The van der Waals surface area contributed by atoms with Crippen LogP contribution in [0.4, 0.5) is 11.6 Å². The zero-order valence-corrected chi connectivity index (χ0v) is 20.1. The number of sulfonamides is 1. The number of imidazole rings is 1. The monoisotopic (exact) mass is 482 g/mol. The molecule has 3 N–H and O–H groups in total. The molecule has 0 amide bonds. The molecule has 0 radical (unpaired) electrons. The van der Waals surface area contributed by atoms with E-state index < -0.39 is 10.0 Å². The predicted octanol–water partition coefficient (Wildman–Crippen LogP) is 3.72. The van der Waals surface area contributed by atoms with E-state index in [4.69, 9.17) is 4.74 Å². The highest BCUT2D eigenvalue weighted by molar-refractivity contribution is 7.89. The van der Waals surface area contributed by atoms with Crippen LogP contribution < -0.4 is 10.0 Å². The van der Waals surface area contributed by atoms with Crippen LogP contribution in [0, 0.1) is 12.8 Å². The average molecular weight is 483 g/mol. The summed E-state index contributed by atoms with van der Waals surface area (Å²) in [6, 6.07) is 8.40. The Morgan fingerprint density at radius 3 is 2.68 bits per heavy atom. The van der Waals surface area contributed by atoms with Crippen molar-refractivity contribution in [3.05, 3.63) is 48.0 Å². The van der Waals surface area contributed by atoms with E-state index in [1.54, 1.807) is 30.5 Å². The first-order valence-electron chi connectivity index (χ1n) is 11.8. The number of rotatable bonds is 10. The van der Waals surface area contributed by atoms with E-state index in [0.29, 0.717) is 18.2 Å². The number of ether oxygens (including phenoxy) is 1. The van der Waals surface area contributed by atoms with Crippen LogP contribution in [0.5, 0.6) is 0 Å². The molecular formula is C24H30N6O3S. The Hall–Kier alpha value is -2.82. The number of hydrogen-bond acceptors (Lipinski definition) is 7. The summed E-state index contributed by atoms with van der Waals surface area (Å²) in [5.74, 6) is 2.15. The van der Waals surface area contributed by atoms with Crippen molar-refractivity contribution in [3.8, 4) is 11.4 Å². The SMILES string of the molecule is Cc1nc(-c2ccnc(Nc3ccc(S(=O)(=O)NCC4CCCO4)cc3)n2)c(CCC2CC2)[nH]1. The quantitative estimate of drug-likeness (QED) is 0.403. The van der Waals surface area contributed by atoms with Gasteiger partial charge >= 0.3 is 0 Å². The molecule has 1 aliphatic carbocycles. The molecule has 2 aromatic heterocycles. The lowest BCUT2D eigenvalue weighted by molar-refractivity contribution is 0.114. The summed E-state index contributed by atoms with van der Waals surface area (Å²) in [6.07, 6.45) is 8.29. The summed E-state index contributed by atoms with van der Waals surface area (Å²) in [5, 5.41) is 3.16. The summed E-state index contributed by atoms with van der Waals surface area (Å²) >= 11 is 0. The van der Waals surface area contributed by atoms with Gasteiger partial charge in [0, 0.05) is 30.7 Å². The molecule has 1 aromatic carbocycles. The van der Waals surface area contributed by atoms with Crippen LogP contribution in [0.25, 0.3) is 11.4 Å². The number of aryl methyl sites for hydroxylation is 2. The van der Waals surface area contributed by atoms with Crippen molar-refractivity contribution >= 4 is 21.7 Å². The third kappa shape index (κ3) is 5.63. The predicted molar refractivity (Wildman–Crippen MR) is 129 cm³/mol. The van der Waals surface area contributed by atoms with Gasteiger partial charge in [-0.3, -0.25) is 0 Å². The van der Waals surface area contributed by atoms with Crippen LogP contribution >= 0.6 is 0 Å². The van der Waals surface area contributed by atoms with E-state index in [1.165, 1.54) is 19.3 Å². The van der Waals surface area contributed by atoms with Crippen LogP contribution in [0.2, 0.25) is 0 Å². The zero-order valence-electron chi connectivity index (χ0n) is 19.3. The zero-order chi connectivity index (χ0) is 23.5. The Kier molecular flexibility index (Phi) is 6.62. The highest BCUT2D eigenvalue weighted by Crippen LogP contribution is 2.34. The maximum atomic E-state index is 12.6. The number of anilines is 2. The minimum absolute atomic E-state index is 0.0485. The second kappa shape index (κ2) is 9.81. The van der Waals surface area contributed by atoms with Crippen molar-refractivity contribution in [1.82, 2.24) is 24.7 Å². The molecular weight excluding hydrogens is 452 g/mol. The lowest BCUT2D eigenvalue weighted by atomic mass is 10.1. The number of nitrogens with zero attached hydrogens (tertiary/aromatic N) is 3. The molecule has 0 bridgehead atoms. The number of aromatic amines is 1. The highest BCUT2D eigenvalue weighted by Gasteiger charge is 2.23. The molecule has 180 valence electrons. The number of benzene rings is 1. The Bertz CT molecular complexity index is 1230. The van der Waals surface area contributed by atoms with E-state index >= 15 is 0 Å². The summed E-state index contributed by atoms with van der Waals surface area (Å²) in [4.78, 5) is 17.2. The van der Waals surface area contributed by atoms with Gasteiger partial charge in [-0.05, 0) is 68.9 Å². The Morgan fingerprint density at radius 1 is 1.12 bits per heavy atom. The van der Waals surface area contributed by atoms with Crippen LogP contribution in [-0.4, -0.2) is 47.6 Å². The third-order valence-corrected chi connectivity index (χ3v) is 7.68. The molecule has 1 aliphatic heterocycles. The first-order valence-corrected chi connectivity index (χ1v) is 13.3. The van der Waals surface area contributed by atoms with Gasteiger partial charge in [0.15, 0.2) is 0 Å². The van der Waals surface area contributed by atoms with E-state index in [9.17, 15) is 8.42 Å². The average Bonchev–Trinajstić information content (AvgIpc) is 3.36. The van der Waals surface area contributed by atoms with Gasteiger partial charge in [0.05, 0.1) is 16.7 Å². The normalized spacial score (nSPS) is 18.3. The van der Waals surface area contributed by atoms with Crippen LogP contribution in [-0.2, 0) is 21.2 Å². The van der Waals surface area contributed by atoms with E-state index in [1.807, 2.05) is 13.0 Å². The van der Waals surface area contributed by atoms with Crippen LogP contribution in [0.1, 0.15) is 43.6 Å². The molecule has 2 aliphatic rings. The number of H-pyrrole nitrogens is 1. The molecule has 9 nitrogen and oxygen atoms in total. The van der Waals surface area contributed by atoms with Gasteiger partial charge in [0.25, 0.3) is 0 Å². The highest BCUT2D eigenvalue weighted by atomic mass is 32.2. The minimum atomic E-state index is -3.59. The smallest absolute Gasteiger partial charge is 0.240 e. The Morgan fingerprint density at radius 2 is 1.94 bits per heavy atom. The fraction of sp³-hybridized carbons (Fsp3) is 0.458. The number of nitrogens with one attached hydrogen (secondary N) is 3. The first kappa shape index (κ1) is 22.9. The van der Waals surface area contributed by atoms with E-state index in [0.717, 1.165) is 48.1 Å². The van der Waals surface area contributed by atoms with Crippen molar-refractivity contribution in [2.24, 2.45) is 5.92 Å². The molecule has 1 atom stereocenters. The molecule has 10 heteroatoms. The maximum Gasteiger partial charge on any atom is 0.240 e. The lowest BCUT2D eigenvalue weighted by Crippen LogP contribution is -2.31. The number of aromatic nitrogens is 4. The Labute approximate surface area is 199 Å². The van der Waals surface area contributed by atoms with Gasteiger partial charge in [-0.25, -0.2) is 28.1 Å². The molecule has 0 spiro atoms. The summed E-state index contributed by atoms with van der Waals surface area (Å²) in [6.45, 7) is 2.94. The van der Waals surface area contributed by atoms with Gasteiger partial charge in [-0.1, -0.05) is 12.8 Å². The lowest BCUT2D eigenvalue weighted by Gasteiger charge is -2.12. The van der Waals surface area contributed by atoms with Gasteiger partial charge in [-0.15, -0.1) is 0 Å². The number of hydrogen-bond donors (Lipinski definition) is 3. The summed E-state index contributed by atoms with van der Waals surface area (Å²) in [5.41, 5.74) is 3.43. The van der Waals surface area contributed by atoms with Crippen LogP contribution in [0.3, 0.4) is 0 Å². The Balaban J connectivity index is 1.26. The molecule has 3 heterocycles. The molecule has 5 rings (SSSR count). The van der Waals surface area contributed by atoms with Gasteiger partial charge < -0.3 is 15.0 Å². The standard InChI is InChI=1S/C24H30N6O3S/c1-16-27-21(11-6-17-4-5-17)23(28-16)22-12-13-25-24(30-22)29-18-7-9-20(10-8-18)34(31,32)26-15-19-3-2-14-33-19/h7-10,12-13,17,19,26H,2-6,11,14-15H2,1H3,(H,27,28)(H,25,29,30). The van der Waals surface area contributed by atoms with Crippen molar-refractivity contribution in [2.45, 2.75) is 56.4 Å². The molecule has 1 saturated heterocycles. The van der Waals surface area contributed by atoms with Gasteiger partial charge in [-0.2, -0.15) is 0 Å². The van der Waals surface area contributed by atoms with Gasteiger partial charge in [0.1, 0.15) is 11.5 Å². The molecule has 1 unspecified atom stereocenters. The topological polar surface area (TPSA) is 122 Å². The minimum Gasteiger partial charge on any atom is -0.377 e. The van der Waals surface area contributed by atoms with Gasteiger partial charge in [0.2, 0.25) is 16.0 Å². The van der Waals surface area contributed by atoms with Crippen LogP contribution in [0.15, 0.2) is 41.4 Å². The summed E-state index contributed by atoms with van der Waals surface area (Å²) < 4.78 is 33.3. The second-order valence-corrected chi connectivity index (χ2v) is 10.8. The van der Waals surface area contributed by atoms with Crippen molar-refractivity contribution < 1.29 is 13.2 Å². The molecule has 3 aromatic rings. The summed E-state index contributed by atoms with van der Waals surface area (Å²) in [7, 11) is -3.59. The largest absolute Gasteiger partial charge is 0.377 e. The second-order valence-electron chi connectivity index (χ2n) is 9.03. The fourth-order valence-corrected chi connectivity index (χ4v) is 5.24. The van der Waals surface area contributed by atoms with E-state index in [2.05, 4.69) is 30.0 Å². The fourth-order valence-electron chi connectivity index (χ4n) is 4.18. The molecule has 1 saturated carbocycles. The molecule has 34 heavy (non-hydrogen) atoms. The van der Waals surface area contributed by atoms with Crippen molar-refractivity contribution in [3.63, 3.8) is 0 Å². The molecule has 2 fully saturated rings. The van der Waals surface area contributed by atoms with E-state index in [-0.39, 0.29) is 17.5 Å². The maximum absolute atomic E-state index is 12.6. The third-order valence-electron chi connectivity index (χ3n) is 6.24. The first-order chi connectivity index (χ1) is 16.5.